The summed E-state index contributed by atoms with van der Waals surface area (Å²) in [5, 5.41) is 19.3. The average Bonchev–Trinajstić information content (AvgIpc) is 2.37. The zero-order valence-corrected chi connectivity index (χ0v) is 9.33. The van der Waals surface area contributed by atoms with Crippen LogP contribution in [-0.4, -0.2) is 28.9 Å². The number of aliphatic hydroxyl groups is 2. The molecule has 0 heterocycles. The molecule has 0 fully saturated rings. The fourth-order valence-corrected chi connectivity index (χ4v) is 1.32. The second kappa shape index (κ2) is 5.99. The minimum atomic E-state index is -1.64. The van der Waals surface area contributed by atoms with Crippen molar-refractivity contribution in [3.05, 3.63) is 41.2 Å². The molecule has 0 bridgehead atoms. The molecule has 1 aromatic carbocycles. The Bertz CT molecular complexity index is 438. The van der Waals surface area contributed by atoms with Crippen LogP contribution in [0.15, 0.2) is 24.3 Å². The van der Waals surface area contributed by atoms with Crippen molar-refractivity contribution < 1.29 is 19.7 Å². The van der Waals surface area contributed by atoms with E-state index in [1.807, 2.05) is 0 Å². The van der Waals surface area contributed by atoms with Crippen molar-refractivity contribution in [1.82, 2.24) is 0 Å². The molecule has 0 amide bonds. The van der Waals surface area contributed by atoms with Gasteiger partial charge < -0.3 is 14.9 Å². The van der Waals surface area contributed by atoms with Gasteiger partial charge in [0.25, 0.3) is 0 Å². The van der Waals surface area contributed by atoms with Crippen LogP contribution in [0.1, 0.15) is 18.6 Å². The van der Waals surface area contributed by atoms with E-state index in [1.54, 1.807) is 19.1 Å². The van der Waals surface area contributed by atoms with Gasteiger partial charge in [0.15, 0.2) is 11.8 Å². The summed E-state index contributed by atoms with van der Waals surface area (Å²) >= 11 is 0. The molecule has 2 atom stereocenters. The number of carbonyl (C=O) groups is 1. The molecule has 17 heavy (non-hydrogen) atoms. The third kappa shape index (κ3) is 3.28. The van der Waals surface area contributed by atoms with Gasteiger partial charge in [-0.3, -0.25) is 0 Å². The smallest absolute Gasteiger partial charge is 0.338 e. The lowest BCUT2D eigenvalue weighted by Gasteiger charge is -2.16. The van der Waals surface area contributed by atoms with E-state index in [1.165, 1.54) is 12.1 Å². The van der Waals surface area contributed by atoms with Crippen molar-refractivity contribution in [2.45, 2.75) is 19.1 Å². The molecule has 90 valence electrons. The van der Waals surface area contributed by atoms with Gasteiger partial charge in [0.2, 0.25) is 0 Å². The van der Waals surface area contributed by atoms with E-state index in [2.05, 4.69) is 9.58 Å². The van der Waals surface area contributed by atoms with Crippen molar-refractivity contribution in [2.75, 3.05) is 6.61 Å². The van der Waals surface area contributed by atoms with Crippen LogP contribution in [0.4, 0.5) is 5.69 Å². The molecule has 0 aliphatic heterocycles. The Morgan fingerprint density at radius 3 is 2.82 bits per heavy atom. The van der Waals surface area contributed by atoms with Gasteiger partial charge in [-0.15, -0.1) is 0 Å². The van der Waals surface area contributed by atoms with E-state index >= 15 is 0 Å². The van der Waals surface area contributed by atoms with Crippen molar-refractivity contribution in [3.63, 3.8) is 0 Å². The normalized spacial score (nSPS) is 13.5. The number of aliphatic hydroxyl groups excluding tert-OH is 2. The molecule has 5 heteroatoms. The lowest BCUT2D eigenvalue weighted by molar-refractivity contribution is -0.159. The predicted molar refractivity (Wildman–Crippen MR) is 60.3 cm³/mol. The maximum atomic E-state index is 11.2. The van der Waals surface area contributed by atoms with Crippen molar-refractivity contribution >= 4 is 11.7 Å². The van der Waals surface area contributed by atoms with Gasteiger partial charge in [-0.05, 0) is 12.5 Å². The van der Waals surface area contributed by atoms with Crippen LogP contribution in [0.3, 0.4) is 0 Å². The van der Waals surface area contributed by atoms with Gasteiger partial charge in [-0.2, -0.15) is 0 Å². The zero-order chi connectivity index (χ0) is 12.8. The highest BCUT2D eigenvalue weighted by molar-refractivity contribution is 5.75. The largest absolute Gasteiger partial charge is 0.464 e. The highest BCUT2D eigenvalue weighted by atomic mass is 16.5. The Morgan fingerprint density at radius 1 is 1.53 bits per heavy atom. The lowest BCUT2D eigenvalue weighted by atomic mass is 10.0. The average molecular weight is 235 g/mol. The molecular formula is C12H13NO4. The van der Waals surface area contributed by atoms with Gasteiger partial charge in [-0.25, -0.2) is 9.64 Å². The van der Waals surface area contributed by atoms with Crippen LogP contribution in [0, 0.1) is 6.57 Å². The molecule has 0 aromatic heterocycles. The van der Waals surface area contributed by atoms with Crippen LogP contribution in [0.25, 0.3) is 4.85 Å². The molecule has 0 aliphatic carbocycles. The topological polar surface area (TPSA) is 71.1 Å². The SMILES string of the molecule is [C-]#[N+]c1cccc([C@@H](O)[C@H](O)C(=O)OCC)c1. The van der Waals surface area contributed by atoms with Gasteiger partial charge >= 0.3 is 5.97 Å². The summed E-state index contributed by atoms with van der Waals surface area (Å²) in [6.07, 6.45) is -3.04. The maximum Gasteiger partial charge on any atom is 0.338 e. The van der Waals surface area contributed by atoms with Crippen LogP contribution in [0.2, 0.25) is 0 Å². The Morgan fingerprint density at radius 2 is 2.24 bits per heavy atom. The standard InChI is InChI=1S/C12H13NO4/c1-3-17-12(16)11(15)10(14)8-5-4-6-9(7-8)13-2/h4-7,10-11,14-15H,3H2,1H3/t10-,11+/m1/s1. The van der Waals surface area contributed by atoms with Gasteiger partial charge in [0.05, 0.1) is 13.2 Å². The summed E-state index contributed by atoms with van der Waals surface area (Å²) in [4.78, 5) is 14.4. The van der Waals surface area contributed by atoms with Crippen LogP contribution >= 0.6 is 0 Å². The molecule has 2 N–H and O–H groups in total. The number of rotatable bonds is 4. The first-order valence-electron chi connectivity index (χ1n) is 5.10. The monoisotopic (exact) mass is 235 g/mol. The summed E-state index contributed by atoms with van der Waals surface area (Å²) in [7, 11) is 0. The Labute approximate surface area is 99.1 Å². The maximum absolute atomic E-state index is 11.2. The summed E-state index contributed by atoms with van der Waals surface area (Å²) in [5.74, 6) is -0.881. The fourth-order valence-electron chi connectivity index (χ4n) is 1.32. The molecule has 5 nitrogen and oxygen atoms in total. The van der Waals surface area contributed by atoms with E-state index in [0.29, 0.717) is 11.3 Å². The van der Waals surface area contributed by atoms with Gasteiger partial charge in [0, 0.05) is 0 Å². The predicted octanol–water partition coefficient (Wildman–Crippen LogP) is 1.19. The van der Waals surface area contributed by atoms with Crippen LogP contribution in [-0.2, 0) is 9.53 Å². The lowest BCUT2D eigenvalue weighted by Crippen LogP contribution is -2.29. The molecule has 0 aliphatic rings. The summed E-state index contributed by atoms with van der Waals surface area (Å²) in [6, 6.07) is 6.09. The van der Waals surface area contributed by atoms with Crippen molar-refractivity contribution in [2.24, 2.45) is 0 Å². The van der Waals surface area contributed by atoms with Crippen molar-refractivity contribution in [3.8, 4) is 0 Å². The van der Waals surface area contributed by atoms with Crippen molar-refractivity contribution in [1.29, 1.82) is 0 Å². The van der Waals surface area contributed by atoms with E-state index in [0.717, 1.165) is 0 Å². The van der Waals surface area contributed by atoms with Crippen LogP contribution < -0.4 is 0 Å². The zero-order valence-electron chi connectivity index (χ0n) is 9.33. The molecule has 0 saturated carbocycles. The van der Waals surface area contributed by atoms with E-state index < -0.39 is 18.2 Å². The van der Waals surface area contributed by atoms with Gasteiger partial charge in [0.1, 0.15) is 6.10 Å². The third-order valence-corrected chi connectivity index (χ3v) is 2.17. The molecule has 1 rings (SSSR count). The second-order valence-corrected chi connectivity index (χ2v) is 3.35. The quantitative estimate of drug-likeness (QED) is 0.607. The Kier molecular flexibility index (Phi) is 4.64. The van der Waals surface area contributed by atoms with E-state index in [4.69, 9.17) is 6.57 Å². The first-order valence-corrected chi connectivity index (χ1v) is 5.10. The summed E-state index contributed by atoms with van der Waals surface area (Å²) < 4.78 is 4.59. The number of carbonyl (C=O) groups excluding carboxylic acids is 1. The molecule has 0 unspecified atom stereocenters. The summed E-state index contributed by atoms with van der Waals surface area (Å²) in [6.45, 7) is 8.57. The number of esters is 1. The van der Waals surface area contributed by atoms with Crippen LogP contribution in [0.5, 0.6) is 0 Å². The first kappa shape index (κ1) is 13.2. The van der Waals surface area contributed by atoms with E-state index in [-0.39, 0.29) is 6.61 Å². The Balaban J connectivity index is 2.85. The minimum absolute atomic E-state index is 0.130. The minimum Gasteiger partial charge on any atom is -0.464 e. The molecule has 0 radical (unpaired) electrons. The number of benzene rings is 1. The summed E-state index contributed by atoms with van der Waals surface area (Å²) in [5.41, 5.74) is 0.636. The number of nitrogens with zero attached hydrogens (tertiary/aromatic N) is 1. The molecule has 0 spiro atoms. The van der Waals surface area contributed by atoms with E-state index in [9.17, 15) is 15.0 Å². The Hall–Kier alpha value is -1.90. The molecular weight excluding hydrogens is 222 g/mol. The highest BCUT2D eigenvalue weighted by Crippen LogP contribution is 2.22. The number of ether oxygens (including phenoxy) is 1. The fraction of sp³-hybridized carbons (Fsp3) is 0.333. The number of hydrogen-bond acceptors (Lipinski definition) is 4. The highest BCUT2D eigenvalue weighted by Gasteiger charge is 2.26. The molecule has 1 aromatic rings. The van der Waals surface area contributed by atoms with Gasteiger partial charge in [-0.1, -0.05) is 24.3 Å². The third-order valence-electron chi connectivity index (χ3n) is 2.17. The first-order chi connectivity index (χ1) is 8.10. The molecule has 0 saturated heterocycles. The number of hydrogen-bond donors (Lipinski definition) is 2. The second-order valence-electron chi connectivity index (χ2n) is 3.35.